The van der Waals surface area contributed by atoms with Crippen molar-refractivity contribution in [2.75, 3.05) is 43.0 Å². The van der Waals surface area contributed by atoms with Crippen molar-refractivity contribution in [3.05, 3.63) is 41.5 Å². The molecule has 3 aromatic rings. The van der Waals surface area contributed by atoms with E-state index in [0.29, 0.717) is 6.54 Å². The highest BCUT2D eigenvalue weighted by Crippen LogP contribution is 2.27. The Balaban J connectivity index is 1.43. The van der Waals surface area contributed by atoms with Gasteiger partial charge in [0.2, 0.25) is 5.91 Å². The summed E-state index contributed by atoms with van der Waals surface area (Å²) in [4.78, 5) is 22.9. The zero-order chi connectivity index (χ0) is 19.3. The van der Waals surface area contributed by atoms with Gasteiger partial charge in [-0.2, -0.15) is 4.52 Å². The number of rotatable bonds is 2. The Morgan fingerprint density at radius 3 is 2.82 bits per heavy atom. The first-order chi connectivity index (χ1) is 13.6. The first kappa shape index (κ1) is 16.9. The highest BCUT2D eigenvalue weighted by molar-refractivity contribution is 5.82. The lowest BCUT2D eigenvalue weighted by molar-refractivity contribution is -0.129. The van der Waals surface area contributed by atoms with E-state index in [9.17, 15) is 4.79 Å². The lowest BCUT2D eigenvalue weighted by atomic mass is 10.0. The van der Waals surface area contributed by atoms with E-state index in [-0.39, 0.29) is 5.91 Å². The van der Waals surface area contributed by atoms with Gasteiger partial charge in [0.1, 0.15) is 6.33 Å². The second-order valence-electron chi connectivity index (χ2n) is 7.49. The van der Waals surface area contributed by atoms with Crippen molar-refractivity contribution < 1.29 is 4.79 Å². The number of aromatic nitrogens is 5. The van der Waals surface area contributed by atoms with Crippen LogP contribution in [0.3, 0.4) is 0 Å². The molecule has 0 aliphatic carbocycles. The number of nitrogens with zero attached hydrogens (tertiary/aromatic N) is 8. The van der Waals surface area contributed by atoms with Gasteiger partial charge in [-0.15, -0.1) is 15.3 Å². The zero-order valence-corrected chi connectivity index (χ0v) is 16.0. The van der Waals surface area contributed by atoms with Crippen LogP contribution < -0.4 is 9.80 Å². The standard InChI is InChI=1S/C19H22N8O/c1-13-7-17-22-21-12-27(17)23-19(13)26-4-3-16-14(10-26)8-15(9-20-16)25-6-5-24(2)18(28)11-25/h7-9,12H,3-6,10-11H2,1-2H3. The van der Waals surface area contributed by atoms with Gasteiger partial charge in [0.25, 0.3) is 0 Å². The lowest BCUT2D eigenvalue weighted by Gasteiger charge is -2.35. The quantitative estimate of drug-likeness (QED) is 0.648. The molecule has 9 heteroatoms. The van der Waals surface area contributed by atoms with Crippen LogP contribution in [-0.2, 0) is 17.8 Å². The van der Waals surface area contributed by atoms with E-state index in [1.54, 1.807) is 15.7 Å². The van der Waals surface area contributed by atoms with E-state index >= 15 is 0 Å². The summed E-state index contributed by atoms with van der Waals surface area (Å²) in [6.07, 6.45) is 4.40. The number of hydrogen-bond acceptors (Lipinski definition) is 7. The summed E-state index contributed by atoms with van der Waals surface area (Å²) in [5, 5.41) is 12.7. The predicted octanol–water partition coefficient (Wildman–Crippen LogP) is 0.669. The van der Waals surface area contributed by atoms with Gasteiger partial charge in [0.05, 0.1) is 18.4 Å². The van der Waals surface area contributed by atoms with Gasteiger partial charge in [0.15, 0.2) is 11.5 Å². The molecule has 5 rings (SSSR count). The fourth-order valence-corrected chi connectivity index (χ4v) is 3.91. The molecule has 0 unspecified atom stereocenters. The average Bonchev–Trinajstić information content (AvgIpc) is 3.16. The predicted molar refractivity (Wildman–Crippen MR) is 104 cm³/mol. The van der Waals surface area contributed by atoms with Crippen LogP contribution in [0.2, 0.25) is 0 Å². The summed E-state index contributed by atoms with van der Waals surface area (Å²) in [5.41, 5.74) is 5.17. The molecule has 5 heterocycles. The molecule has 3 aromatic heterocycles. The molecule has 2 aliphatic heterocycles. The van der Waals surface area contributed by atoms with Gasteiger partial charge in [-0.1, -0.05) is 0 Å². The van der Waals surface area contributed by atoms with Crippen LogP contribution in [0, 0.1) is 6.92 Å². The summed E-state index contributed by atoms with van der Waals surface area (Å²) in [7, 11) is 1.85. The van der Waals surface area contributed by atoms with E-state index in [2.05, 4.69) is 33.0 Å². The van der Waals surface area contributed by atoms with Crippen molar-refractivity contribution in [1.82, 2.24) is 29.7 Å². The number of anilines is 2. The topological polar surface area (TPSA) is 82.8 Å². The number of pyridine rings is 1. The first-order valence-corrected chi connectivity index (χ1v) is 9.48. The lowest BCUT2D eigenvalue weighted by Crippen LogP contribution is -2.48. The number of piperazine rings is 1. The molecular formula is C19H22N8O. The maximum atomic E-state index is 12.1. The van der Waals surface area contributed by atoms with Gasteiger partial charge in [-0.3, -0.25) is 9.78 Å². The monoisotopic (exact) mass is 378 g/mol. The summed E-state index contributed by atoms with van der Waals surface area (Å²) in [5.74, 6) is 1.09. The molecule has 9 nitrogen and oxygen atoms in total. The van der Waals surface area contributed by atoms with E-state index in [1.807, 2.05) is 19.3 Å². The van der Waals surface area contributed by atoms with Crippen molar-refractivity contribution in [1.29, 1.82) is 0 Å². The minimum atomic E-state index is 0.146. The largest absolute Gasteiger partial charge is 0.359 e. The van der Waals surface area contributed by atoms with Gasteiger partial charge < -0.3 is 14.7 Å². The summed E-state index contributed by atoms with van der Waals surface area (Å²) in [6, 6.07) is 4.19. The molecule has 0 spiro atoms. The highest BCUT2D eigenvalue weighted by atomic mass is 16.2. The van der Waals surface area contributed by atoms with E-state index < -0.39 is 0 Å². The summed E-state index contributed by atoms with van der Waals surface area (Å²) >= 11 is 0. The van der Waals surface area contributed by atoms with Crippen LogP contribution in [0.25, 0.3) is 5.65 Å². The Morgan fingerprint density at radius 2 is 1.96 bits per heavy atom. The van der Waals surface area contributed by atoms with Crippen LogP contribution in [-0.4, -0.2) is 68.8 Å². The molecule has 0 saturated carbocycles. The van der Waals surface area contributed by atoms with Crippen LogP contribution in [0.5, 0.6) is 0 Å². The average molecular weight is 378 g/mol. The molecule has 1 fully saturated rings. The first-order valence-electron chi connectivity index (χ1n) is 9.48. The van der Waals surface area contributed by atoms with Crippen LogP contribution >= 0.6 is 0 Å². The third-order valence-corrected chi connectivity index (χ3v) is 5.60. The van der Waals surface area contributed by atoms with Crippen LogP contribution in [0.1, 0.15) is 16.8 Å². The molecule has 1 amide bonds. The van der Waals surface area contributed by atoms with Gasteiger partial charge in [-0.25, -0.2) is 0 Å². The molecule has 144 valence electrons. The second-order valence-corrected chi connectivity index (χ2v) is 7.49. The van der Waals surface area contributed by atoms with E-state index in [1.165, 1.54) is 5.56 Å². The second kappa shape index (κ2) is 6.43. The minimum absolute atomic E-state index is 0.146. The smallest absolute Gasteiger partial charge is 0.241 e. The third-order valence-electron chi connectivity index (χ3n) is 5.60. The number of fused-ring (bicyclic) bond motifs is 2. The Kier molecular flexibility index (Phi) is 3.88. The molecule has 0 radical (unpaired) electrons. The fraction of sp³-hybridized carbons (Fsp3) is 0.421. The summed E-state index contributed by atoms with van der Waals surface area (Å²) < 4.78 is 1.71. The van der Waals surface area contributed by atoms with Gasteiger partial charge in [0, 0.05) is 45.3 Å². The van der Waals surface area contributed by atoms with Crippen molar-refractivity contribution in [3.63, 3.8) is 0 Å². The van der Waals surface area contributed by atoms with Crippen molar-refractivity contribution in [3.8, 4) is 0 Å². The maximum absolute atomic E-state index is 12.1. The highest BCUT2D eigenvalue weighted by Gasteiger charge is 2.25. The Hall–Kier alpha value is -3.23. The Bertz CT molecular complexity index is 1060. The molecule has 2 aliphatic rings. The molecule has 1 saturated heterocycles. The van der Waals surface area contributed by atoms with E-state index in [0.717, 1.165) is 61.0 Å². The molecular weight excluding hydrogens is 356 g/mol. The number of likely N-dealkylation sites (N-methyl/N-ethyl adjacent to an activating group) is 1. The fourth-order valence-electron chi connectivity index (χ4n) is 3.91. The van der Waals surface area contributed by atoms with Crippen molar-refractivity contribution in [2.24, 2.45) is 0 Å². The molecule has 0 bridgehead atoms. The third kappa shape index (κ3) is 2.83. The van der Waals surface area contributed by atoms with E-state index in [4.69, 9.17) is 10.1 Å². The molecule has 0 atom stereocenters. The Labute approximate surface area is 162 Å². The molecule has 0 aromatic carbocycles. The van der Waals surface area contributed by atoms with Crippen molar-refractivity contribution >= 4 is 23.1 Å². The normalized spacial score (nSPS) is 17.4. The molecule has 0 N–H and O–H groups in total. The number of carbonyl (C=O) groups excluding carboxylic acids is 1. The van der Waals surface area contributed by atoms with Crippen LogP contribution in [0.15, 0.2) is 24.7 Å². The zero-order valence-electron chi connectivity index (χ0n) is 16.0. The number of amides is 1. The van der Waals surface area contributed by atoms with Crippen LogP contribution in [0.4, 0.5) is 11.5 Å². The number of hydrogen-bond donors (Lipinski definition) is 0. The Morgan fingerprint density at radius 1 is 1.07 bits per heavy atom. The number of carbonyl (C=O) groups is 1. The van der Waals surface area contributed by atoms with Crippen molar-refractivity contribution in [2.45, 2.75) is 19.9 Å². The molecule has 28 heavy (non-hydrogen) atoms. The number of aryl methyl sites for hydroxylation is 1. The van der Waals surface area contributed by atoms with Gasteiger partial charge in [-0.05, 0) is 30.2 Å². The minimum Gasteiger partial charge on any atom is -0.359 e. The SMILES string of the molecule is Cc1cc2nncn2nc1N1CCc2ncc(N3CCN(C)C(=O)C3)cc2C1. The van der Waals surface area contributed by atoms with Gasteiger partial charge >= 0.3 is 0 Å². The summed E-state index contributed by atoms with van der Waals surface area (Å²) in [6.45, 7) is 5.65. The maximum Gasteiger partial charge on any atom is 0.241 e.